The third-order valence-corrected chi connectivity index (χ3v) is 3.58. The Morgan fingerprint density at radius 3 is 2.50 bits per heavy atom. The number of benzene rings is 1. The molecule has 0 radical (unpaired) electrons. The van der Waals surface area contributed by atoms with E-state index in [9.17, 15) is 9.59 Å². The highest BCUT2D eigenvalue weighted by Gasteiger charge is 2.04. The summed E-state index contributed by atoms with van der Waals surface area (Å²) in [6.07, 6.45) is 2.62. The molecule has 2 aromatic rings. The molecule has 2 rings (SSSR count). The van der Waals surface area contributed by atoms with Crippen molar-refractivity contribution in [3.8, 4) is 0 Å². The van der Waals surface area contributed by atoms with Gasteiger partial charge < -0.3 is 4.57 Å². The Morgan fingerprint density at radius 2 is 1.88 bits per heavy atom. The van der Waals surface area contributed by atoms with Crippen molar-refractivity contribution < 1.29 is 4.79 Å². The Bertz CT molecular complexity index is 774. The van der Waals surface area contributed by atoms with Crippen LogP contribution in [-0.4, -0.2) is 16.2 Å². The quantitative estimate of drug-likeness (QED) is 0.655. The number of pyridine rings is 1. The average molecular weight is 325 g/mol. The second-order valence-corrected chi connectivity index (χ2v) is 6.19. The summed E-state index contributed by atoms with van der Waals surface area (Å²) < 4.78 is 1.33. The van der Waals surface area contributed by atoms with Crippen molar-refractivity contribution >= 4 is 11.6 Å². The fourth-order valence-corrected chi connectivity index (χ4v) is 2.35. The van der Waals surface area contributed by atoms with Crippen LogP contribution in [0.2, 0.25) is 0 Å². The van der Waals surface area contributed by atoms with Crippen LogP contribution in [-0.2, 0) is 17.8 Å². The Balaban J connectivity index is 1.97. The van der Waals surface area contributed by atoms with Gasteiger partial charge >= 0.3 is 0 Å². The lowest BCUT2D eigenvalue weighted by molar-refractivity contribution is -0.121. The first kappa shape index (κ1) is 17.7. The van der Waals surface area contributed by atoms with E-state index in [4.69, 9.17) is 0 Å². The number of amides is 1. The molecule has 0 atom stereocenters. The summed E-state index contributed by atoms with van der Waals surface area (Å²) in [4.78, 5) is 23.5. The van der Waals surface area contributed by atoms with Crippen molar-refractivity contribution in [2.45, 2.75) is 33.7 Å². The monoisotopic (exact) mass is 325 g/mol. The molecular formula is C19H23N3O2. The van der Waals surface area contributed by atoms with E-state index in [0.29, 0.717) is 5.92 Å². The minimum absolute atomic E-state index is 0.0518. The molecule has 24 heavy (non-hydrogen) atoms. The normalized spacial score (nSPS) is 11.6. The molecule has 0 bridgehead atoms. The lowest BCUT2D eigenvalue weighted by atomic mass is 10.0. The van der Waals surface area contributed by atoms with Crippen molar-refractivity contribution in [2.24, 2.45) is 11.0 Å². The molecule has 5 nitrogen and oxygen atoms in total. The number of nitrogens with one attached hydrogen (secondary N) is 1. The molecule has 0 aliphatic carbocycles. The molecule has 0 fully saturated rings. The predicted molar refractivity (Wildman–Crippen MR) is 96.0 cm³/mol. The van der Waals surface area contributed by atoms with E-state index < -0.39 is 0 Å². The van der Waals surface area contributed by atoms with Crippen LogP contribution in [0.5, 0.6) is 0 Å². The van der Waals surface area contributed by atoms with Gasteiger partial charge in [-0.25, -0.2) is 5.43 Å². The number of rotatable bonds is 6. The Morgan fingerprint density at radius 1 is 1.17 bits per heavy atom. The maximum absolute atomic E-state index is 11.9. The summed E-state index contributed by atoms with van der Waals surface area (Å²) in [5.74, 6) is 0.283. The summed E-state index contributed by atoms with van der Waals surface area (Å²) in [5.41, 5.74) is 5.25. The van der Waals surface area contributed by atoms with Crippen molar-refractivity contribution in [1.82, 2.24) is 9.99 Å². The number of hydrazone groups is 1. The summed E-state index contributed by atoms with van der Waals surface area (Å²) >= 11 is 0. The van der Waals surface area contributed by atoms with E-state index in [1.54, 1.807) is 18.3 Å². The lowest BCUT2D eigenvalue weighted by Crippen LogP contribution is -2.29. The first-order valence-electron chi connectivity index (χ1n) is 8.03. The fraction of sp³-hybridized carbons (Fsp3) is 0.316. The molecule has 5 heteroatoms. The van der Waals surface area contributed by atoms with Crippen LogP contribution in [0.4, 0.5) is 0 Å². The molecule has 1 aromatic heterocycles. The molecule has 1 heterocycles. The van der Waals surface area contributed by atoms with Crippen LogP contribution in [0.25, 0.3) is 0 Å². The molecular weight excluding hydrogens is 302 g/mol. The molecule has 0 aliphatic heterocycles. The largest absolute Gasteiger partial charge is 0.306 e. The van der Waals surface area contributed by atoms with Gasteiger partial charge in [-0.1, -0.05) is 44.2 Å². The first-order chi connectivity index (χ1) is 11.5. The van der Waals surface area contributed by atoms with E-state index in [-0.39, 0.29) is 18.0 Å². The standard InChI is InChI=1S/C19H23N3O2/c1-14(2)12-16-7-9-17(10-8-16)15(3)20-21-18(23)13-22-11-5-4-6-19(22)24/h4-11,14H,12-13H2,1-3H3,(H,21,23)/b20-15-. The smallest absolute Gasteiger partial charge is 0.260 e. The number of carbonyl (C=O) groups excluding carboxylic acids is 1. The highest BCUT2D eigenvalue weighted by Crippen LogP contribution is 2.10. The average Bonchev–Trinajstić information content (AvgIpc) is 2.55. The van der Waals surface area contributed by atoms with E-state index in [0.717, 1.165) is 17.7 Å². The van der Waals surface area contributed by atoms with Crippen LogP contribution >= 0.6 is 0 Å². The first-order valence-corrected chi connectivity index (χ1v) is 8.03. The summed E-state index contributed by atoms with van der Waals surface area (Å²) in [7, 11) is 0. The van der Waals surface area contributed by atoms with Crippen molar-refractivity contribution in [3.05, 3.63) is 70.1 Å². The maximum atomic E-state index is 11.9. The van der Waals surface area contributed by atoms with Gasteiger partial charge in [0.1, 0.15) is 6.54 Å². The van der Waals surface area contributed by atoms with Crippen LogP contribution in [0.15, 0.2) is 58.6 Å². The zero-order valence-corrected chi connectivity index (χ0v) is 14.3. The van der Waals surface area contributed by atoms with Gasteiger partial charge in [0.15, 0.2) is 0 Å². The van der Waals surface area contributed by atoms with Crippen LogP contribution < -0.4 is 11.0 Å². The van der Waals surface area contributed by atoms with E-state index in [1.165, 1.54) is 16.2 Å². The third kappa shape index (κ3) is 5.19. The molecule has 1 N–H and O–H groups in total. The van der Waals surface area contributed by atoms with Crippen molar-refractivity contribution in [2.75, 3.05) is 0 Å². The number of hydrogen-bond acceptors (Lipinski definition) is 3. The number of nitrogens with zero attached hydrogens (tertiary/aromatic N) is 2. The molecule has 0 unspecified atom stereocenters. The molecule has 0 saturated carbocycles. The highest BCUT2D eigenvalue weighted by atomic mass is 16.2. The highest BCUT2D eigenvalue weighted by molar-refractivity contribution is 5.99. The van der Waals surface area contributed by atoms with E-state index in [1.807, 2.05) is 19.1 Å². The maximum Gasteiger partial charge on any atom is 0.260 e. The van der Waals surface area contributed by atoms with Crippen molar-refractivity contribution in [1.29, 1.82) is 0 Å². The topological polar surface area (TPSA) is 63.5 Å². The predicted octanol–water partition coefficient (Wildman–Crippen LogP) is 2.59. The zero-order chi connectivity index (χ0) is 17.5. The summed E-state index contributed by atoms with van der Waals surface area (Å²) in [6.45, 7) is 6.17. The number of aromatic nitrogens is 1. The second kappa shape index (κ2) is 8.24. The minimum Gasteiger partial charge on any atom is -0.306 e. The van der Waals surface area contributed by atoms with Gasteiger partial charge in [-0.2, -0.15) is 5.10 Å². The second-order valence-electron chi connectivity index (χ2n) is 6.19. The Hall–Kier alpha value is -2.69. The van der Waals surface area contributed by atoms with Gasteiger partial charge in [0.05, 0.1) is 5.71 Å². The number of hydrogen-bond donors (Lipinski definition) is 1. The summed E-state index contributed by atoms with van der Waals surface area (Å²) in [5, 5.41) is 4.11. The Labute approximate surface area is 142 Å². The van der Waals surface area contributed by atoms with Gasteiger partial charge in [-0.3, -0.25) is 9.59 Å². The van der Waals surface area contributed by atoms with Gasteiger partial charge in [-0.05, 0) is 36.5 Å². The molecule has 0 aliphatic rings. The van der Waals surface area contributed by atoms with Crippen LogP contribution in [0, 0.1) is 5.92 Å². The lowest BCUT2D eigenvalue weighted by Gasteiger charge is -2.07. The SMILES string of the molecule is C/C(=N/NC(=O)Cn1ccccc1=O)c1ccc(CC(C)C)cc1. The molecule has 1 aromatic carbocycles. The van der Waals surface area contributed by atoms with Crippen LogP contribution in [0.1, 0.15) is 31.9 Å². The Kier molecular flexibility index (Phi) is 6.07. The van der Waals surface area contributed by atoms with Gasteiger partial charge in [0.2, 0.25) is 0 Å². The van der Waals surface area contributed by atoms with Crippen LogP contribution in [0.3, 0.4) is 0 Å². The van der Waals surface area contributed by atoms with Crippen molar-refractivity contribution in [3.63, 3.8) is 0 Å². The molecule has 0 spiro atoms. The van der Waals surface area contributed by atoms with E-state index in [2.05, 4.69) is 36.5 Å². The molecule has 1 amide bonds. The van der Waals surface area contributed by atoms with Gasteiger partial charge in [0.25, 0.3) is 11.5 Å². The third-order valence-electron chi connectivity index (χ3n) is 3.58. The van der Waals surface area contributed by atoms with Gasteiger partial charge in [0, 0.05) is 12.3 Å². The molecule has 126 valence electrons. The van der Waals surface area contributed by atoms with E-state index >= 15 is 0 Å². The number of carbonyl (C=O) groups is 1. The summed E-state index contributed by atoms with van der Waals surface area (Å²) in [6, 6.07) is 12.9. The fourth-order valence-electron chi connectivity index (χ4n) is 2.35. The van der Waals surface area contributed by atoms with Gasteiger partial charge in [-0.15, -0.1) is 0 Å². The zero-order valence-electron chi connectivity index (χ0n) is 14.3. The molecule has 0 saturated heterocycles. The minimum atomic E-state index is -0.334.